The van der Waals surface area contributed by atoms with Gasteiger partial charge in [-0.2, -0.15) is 0 Å². The number of aliphatic hydroxyl groups is 2. The van der Waals surface area contributed by atoms with Gasteiger partial charge in [-0.25, -0.2) is 0 Å². The fourth-order valence-electron chi connectivity index (χ4n) is 4.97. The molecule has 1 saturated carbocycles. The van der Waals surface area contributed by atoms with Crippen molar-refractivity contribution >= 4 is 0 Å². The largest absolute Gasteiger partial charge is 0.390 e. The maximum Gasteiger partial charge on any atom is 0.0975 e. The van der Waals surface area contributed by atoms with Crippen molar-refractivity contribution in [3.63, 3.8) is 0 Å². The van der Waals surface area contributed by atoms with Gasteiger partial charge in [-0.15, -0.1) is 0 Å². The minimum atomic E-state index is -0.737. The molecule has 104 valence electrons. The zero-order chi connectivity index (χ0) is 13.3. The fraction of sp³-hybridized carbons (Fsp3) is 1.00. The lowest BCUT2D eigenvalue weighted by Crippen LogP contribution is -2.62. The van der Waals surface area contributed by atoms with Crippen LogP contribution in [-0.2, 0) is 4.74 Å². The van der Waals surface area contributed by atoms with Crippen molar-refractivity contribution < 1.29 is 14.9 Å². The van der Waals surface area contributed by atoms with Gasteiger partial charge in [0.1, 0.15) is 0 Å². The van der Waals surface area contributed by atoms with E-state index < -0.39 is 17.3 Å². The highest BCUT2D eigenvalue weighted by molar-refractivity contribution is 5.17. The minimum Gasteiger partial charge on any atom is -0.390 e. The minimum absolute atomic E-state index is 0.0267. The molecule has 0 aromatic carbocycles. The third-order valence-corrected chi connectivity index (χ3v) is 6.15. The molecule has 2 saturated heterocycles. The molecule has 0 spiro atoms. The molecule has 2 N–H and O–H groups in total. The number of hydrogen-bond acceptors (Lipinski definition) is 3. The van der Waals surface area contributed by atoms with E-state index in [0.717, 1.165) is 25.7 Å². The molecule has 3 rings (SSSR count). The summed E-state index contributed by atoms with van der Waals surface area (Å²) < 4.78 is 6.39. The Morgan fingerprint density at radius 2 is 1.83 bits per heavy atom. The maximum atomic E-state index is 10.9. The van der Waals surface area contributed by atoms with E-state index in [1.807, 2.05) is 6.92 Å². The van der Waals surface area contributed by atoms with Crippen LogP contribution >= 0.6 is 0 Å². The first-order valence-electron chi connectivity index (χ1n) is 7.34. The summed E-state index contributed by atoms with van der Waals surface area (Å²) in [6, 6.07) is 0. The van der Waals surface area contributed by atoms with Crippen molar-refractivity contribution in [1.29, 1.82) is 0 Å². The highest BCUT2D eigenvalue weighted by Gasteiger charge is 2.68. The topological polar surface area (TPSA) is 49.7 Å². The lowest BCUT2D eigenvalue weighted by Gasteiger charge is -2.53. The predicted molar refractivity (Wildman–Crippen MR) is 69.1 cm³/mol. The molecule has 3 nitrogen and oxygen atoms in total. The predicted octanol–water partition coefficient (Wildman–Crippen LogP) is 2.10. The number of ether oxygens (including phenoxy) is 1. The van der Waals surface area contributed by atoms with Gasteiger partial charge in [-0.3, -0.25) is 0 Å². The molecule has 6 atom stereocenters. The Balaban J connectivity index is 2.06. The number of fused-ring (bicyclic) bond motifs is 4. The Labute approximate surface area is 110 Å². The van der Waals surface area contributed by atoms with Crippen molar-refractivity contribution in [3.05, 3.63) is 0 Å². The third-order valence-electron chi connectivity index (χ3n) is 6.15. The highest BCUT2D eigenvalue weighted by Crippen LogP contribution is 2.62. The third kappa shape index (κ3) is 1.36. The Kier molecular flexibility index (Phi) is 2.51. The summed E-state index contributed by atoms with van der Waals surface area (Å²) >= 11 is 0. The van der Waals surface area contributed by atoms with Crippen LogP contribution in [0.1, 0.15) is 53.4 Å². The lowest BCUT2D eigenvalue weighted by atomic mass is 9.68. The second-order valence-corrected chi connectivity index (χ2v) is 7.50. The molecule has 2 heterocycles. The average Bonchev–Trinajstić information content (AvgIpc) is 2.75. The van der Waals surface area contributed by atoms with Crippen LogP contribution in [0.5, 0.6) is 0 Å². The summed E-state index contributed by atoms with van der Waals surface area (Å²) in [6.07, 6.45) is 3.16. The summed E-state index contributed by atoms with van der Waals surface area (Å²) in [5, 5.41) is 21.5. The van der Waals surface area contributed by atoms with Gasteiger partial charge in [-0.05, 0) is 51.4 Å². The molecule has 0 aromatic rings. The normalized spacial score (nSPS) is 59.2. The summed E-state index contributed by atoms with van der Waals surface area (Å²) in [7, 11) is 0. The maximum absolute atomic E-state index is 10.9. The molecule has 3 aliphatic rings. The van der Waals surface area contributed by atoms with E-state index >= 15 is 0 Å². The second-order valence-electron chi connectivity index (χ2n) is 7.50. The van der Waals surface area contributed by atoms with Crippen LogP contribution in [-0.4, -0.2) is 33.1 Å². The smallest absolute Gasteiger partial charge is 0.0975 e. The Morgan fingerprint density at radius 3 is 2.44 bits per heavy atom. The molecule has 2 bridgehead atoms. The Bertz CT molecular complexity index is 365. The Hall–Kier alpha value is -0.120. The van der Waals surface area contributed by atoms with Gasteiger partial charge in [0, 0.05) is 5.92 Å². The molecule has 1 aliphatic carbocycles. The van der Waals surface area contributed by atoms with E-state index in [1.165, 1.54) is 0 Å². The van der Waals surface area contributed by atoms with Crippen LogP contribution in [0.25, 0.3) is 0 Å². The first-order chi connectivity index (χ1) is 8.23. The molecule has 3 fully saturated rings. The van der Waals surface area contributed by atoms with Crippen molar-refractivity contribution in [2.75, 3.05) is 0 Å². The molecule has 0 amide bonds. The number of aliphatic hydroxyl groups excluding tert-OH is 1. The van der Waals surface area contributed by atoms with Crippen LogP contribution in [0.4, 0.5) is 0 Å². The zero-order valence-corrected chi connectivity index (χ0v) is 11.9. The second kappa shape index (κ2) is 3.50. The van der Waals surface area contributed by atoms with Gasteiger partial charge in [-0.1, -0.05) is 13.8 Å². The van der Waals surface area contributed by atoms with E-state index in [0.29, 0.717) is 5.92 Å². The van der Waals surface area contributed by atoms with Crippen LogP contribution < -0.4 is 0 Å². The molecule has 6 unspecified atom stereocenters. The van der Waals surface area contributed by atoms with E-state index in [1.54, 1.807) is 0 Å². The van der Waals surface area contributed by atoms with E-state index in [9.17, 15) is 10.2 Å². The number of rotatable bonds is 1. The van der Waals surface area contributed by atoms with Crippen molar-refractivity contribution in [2.24, 2.45) is 17.8 Å². The summed E-state index contributed by atoms with van der Waals surface area (Å²) in [5.74, 6) is 0.560. The fourth-order valence-corrected chi connectivity index (χ4v) is 4.97. The molecular formula is C15H26O3. The first-order valence-corrected chi connectivity index (χ1v) is 7.34. The molecule has 0 radical (unpaired) electrons. The van der Waals surface area contributed by atoms with Gasteiger partial charge in [0.25, 0.3) is 0 Å². The summed E-state index contributed by atoms with van der Waals surface area (Å²) in [6.45, 7) is 8.32. The van der Waals surface area contributed by atoms with Crippen LogP contribution in [0.2, 0.25) is 0 Å². The van der Waals surface area contributed by atoms with Crippen LogP contribution in [0.15, 0.2) is 0 Å². The van der Waals surface area contributed by atoms with Crippen LogP contribution in [0.3, 0.4) is 0 Å². The van der Waals surface area contributed by atoms with Crippen LogP contribution in [0, 0.1) is 17.8 Å². The quantitative estimate of drug-likeness (QED) is 0.753. The van der Waals surface area contributed by atoms with E-state index in [2.05, 4.69) is 20.8 Å². The first kappa shape index (κ1) is 12.9. The lowest BCUT2D eigenvalue weighted by molar-refractivity contribution is -0.264. The molecular weight excluding hydrogens is 228 g/mol. The van der Waals surface area contributed by atoms with Gasteiger partial charge in [0.05, 0.1) is 22.9 Å². The highest BCUT2D eigenvalue weighted by atomic mass is 16.5. The summed E-state index contributed by atoms with van der Waals surface area (Å²) in [5.41, 5.74) is -1.32. The van der Waals surface area contributed by atoms with E-state index in [-0.39, 0.29) is 17.4 Å². The van der Waals surface area contributed by atoms with Crippen molar-refractivity contribution in [2.45, 2.75) is 76.3 Å². The molecule has 3 heteroatoms. The van der Waals surface area contributed by atoms with E-state index in [4.69, 9.17) is 4.74 Å². The SMILES string of the molecule is CC(C)C12CCC(C)(O1)C1CCC(C)(O)C1C2O. The van der Waals surface area contributed by atoms with Crippen molar-refractivity contribution in [3.8, 4) is 0 Å². The standard InChI is InChI=1S/C15H26O3/c1-9(2)15-8-7-14(4,18-15)10-5-6-13(3,17)11(10)12(15)16/h9-12,16-17H,5-8H2,1-4H3. The zero-order valence-electron chi connectivity index (χ0n) is 11.9. The molecule has 2 aliphatic heterocycles. The van der Waals surface area contributed by atoms with Gasteiger partial charge < -0.3 is 14.9 Å². The van der Waals surface area contributed by atoms with Gasteiger partial charge in [0.15, 0.2) is 0 Å². The summed E-state index contributed by atoms with van der Waals surface area (Å²) in [4.78, 5) is 0. The van der Waals surface area contributed by atoms with Crippen molar-refractivity contribution in [1.82, 2.24) is 0 Å². The Morgan fingerprint density at radius 1 is 1.17 bits per heavy atom. The van der Waals surface area contributed by atoms with Gasteiger partial charge in [0.2, 0.25) is 0 Å². The monoisotopic (exact) mass is 254 g/mol. The van der Waals surface area contributed by atoms with Gasteiger partial charge >= 0.3 is 0 Å². The molecule has 0 aromatic heterocycles. The molecule has 18 heavy (non-hydrogen) atoms. The average molecular weight is 254 g/mol. The number of hydrogen-bond donors (Lipinski definition) is 2.